The first kappa shape index (κ1) is 14.2. The Bertz CT molecular complexity index is 273. The summed E-state index contributed by atoms with van der Waals surface area (Å²) in [6.07, 6.45) is 7.21. The lowest BCUT2D eigenvalue weighted by atomic mass is 9.98. The van der Waals surface area contributed by atoms with Crippen LogP contribution in [0.1, 0.15) is 39.5 Å². The van der Waals surface area contributed by atoms with Gasteiger partial charge in [-0.2, -0.15) is 0 Å². The third kappa shape index (κ3) is 4.90. The molecular formula is C14H25NO2. The van der Waals surface area contributed by atoms with E-state index < -0.39 is 0 Å². The van der Waals surface area contributed by atoms with Gasteiger partial charge in [0.1, 0.15) is 0 Å². The van der Waals surface area contributed by atoms with Crippen molar-refractivity contribution in [3.8, 4) is 0 Å². The summed E-state index contributed by atoms with van der Waals surface area (Å²) in [5, 5.41) is 0. The van der Waals surface area contributed by atoms with Crippen molar-refractivity contribution in [3.63, 3.8) is 0 Å². The summed E-state index contributed by atoms with van der Waals surface area (Å²) in [4.78, 5) is 13.7. The summed E-state index contributed by atoms with van der Waals surface area (Å²) in [6.45, 7) is 7.28. The SMILES string of the molecule is CCC1CCCN(CC=C(C)C(=O)OC)CC1. The summed E-state index contributed by atoms with van der Waals surface area (Å²) in [5.41, 5.74) is 0.712. The number of methoxy groups -OCH3 is 1. The van der Waals surface area contributed by atoms with Gasteiger partial charge in [0.25, 0.3) is 0 Å². The molecule has 1 heterocycles. The first-order chi connectivity index (χ1) is 8.17. The fourth-order valence-electron chi connectivity index (χ4n) is 2.33. The third-order valence-electron chi connectivity index (χ3n) is 3.68. The van der Waals surface area contributed by atoms with E-state index in [1.54, 1.807) is 0 Å². The average molecular weight is 239 g/mol. The van der Waals surface area contributed by atoms with E-state index in [1.807, 2.05) is 13.0 Å². The minimum absolute atomic E-state index is 0.216. The van der Waals surface area contributed by atoms with Crippen molar-refractivity contribution < 1.29 is 9.53 Å². The normalized spacial score (nSPS) is 23.2. The van der Waals surface area contributed by atoms with Crippen LogP contribution in [0.4, 0.5) is 0 Å². The van der Waals surface area contributed by atoms with Crippen LogP contribution in [0.25, 0.3) is 0 Å². The molecule has 1 saturated heterocycles. The van der Waals surface area contributed by atoms with Crippen LogP contribution in [-0.4, -0.2) is 37.6 Å². The minimum Gasteiger partial charge on any atom is -0.466 e. The van der Waals surface area contributed by atoms with E-state index in [4.69, 9.17) is 0 Å². The Morgan fingerprint density at radius 1 is 1.41 bits per heavy atom. The highest BCUT2D eigenvalue weighted by molar-refractivity contribution is 5.87. The molecule has 3 heteroatoms. The van der Waals surface area contributed by atoms with Crippen molar-refractivity contribution in [1.29, 1.82) is 0 Å². The molecule has 3 nitrogen and oxygen atoms in total. The Morgan fingerprint density at radius 2 is 2.18 bits per heavy atom. The van der Waals surface area contributed by atoms with Gasteiger partial charge in [0.2, 0.25) is 0 Å². The topological polar surface area (TPSA) is 29.5 Å². The van der Waals surface area contributed by atoms with Crippen LogP contribution in [0.5, 0.6) is 0 Å². The zero-order chi connectivity index (χ0) is 12.7. The maximum Gasteiger partial charge on any atom is 0.333 e. The van der Waals surface area contributed by atoms with E-state index in [2.05, 4.69) is 16.6 Å². The van der Waals surface area contributed by atoms with Crippen molar-refractivity contribution in [1.82, 2.24) is 4.90 Å². The maximum atomic E-state index is 11.2. The van der Waals surface area contributed by atoms with Crippen molar-refractivity contribution in [3.05, 3.63) is 11.6 Å². The van der Waals surface area contributed by atoms with Gasteiger partial charge in [0.15, 0.2) is 0 Å². The summed E-state index contributed by atoms with van der Waals surface area (Å²) in [7, 11) is 1.43. The van der Waals surface area contributed by atoms with E-state index in [0.717, 1.165) is 25.6 Å². The fourth-order valence-corrected chi connectivity index (χ4v) is 2.33. The fraction of sp³-hybridized carbons (Fsp3) is 0.786. The van der Waals surface area contributed by atoms with E-state index in [-0.39, 0.29) is 5.97 Å². The maximum absolute atomic E-state index is 11.2. The van der Waals surface area contributed by atoms with E-state index >= 15 is 0 Å². The lowest BCUT2D eigenvalue weighted by molar-refractivity contribution is -0.136. The van der Waals surface area contributed by atoms with E-state index in [0.29, 0.717) is 5.57 Å². The van der Waals surface area contributed by atoms with Crippen LogP contribution in [0, 0.1) is 5.92 Å². The van der Waals surface area contributed by atoms with Crippen molar-refractivity contribution in [2.75, 3.05) is 26.7 Å². The summed E-state index contributed by atoms with van der Waals surface area (Å²) >= 11 is 0. The van der Waals surface area contributed by atoms with Crippen LogP contribution >= 0.6 is 0 Å². The monoisotopic (exact) mass is 239 g/mol. The van der Waals surface area contributed by atoms with Gasteiger partial charge in [-0.25, -0.2) is 4.79 Å². The Hall–Kier alpha value is -0.830. The first-order valence-corrected chi connectivity index (χ1v) is 6.64. The molecule has 17 heavy (non-hydrogen) atoms. The number of hydrogen-bond donors (Lipinski definition) is 0. The second kappa shape index (κ2) is 7.49. The predicted octanol–water partition coefficient (Wildman–Crippen LogP) is 2.62. The highest BCUT2D eigenvalue weighted by atomic mass is 16.5. The van der Waals surface area contributed by atoms with Crippen LogP contribution in [0.2, 0.25) is 0 Å². The lowest BCUT2D eigenvalue weighted by Crippen LogP contribution is -2.25. The number of carbonyl (C=O) groups is 1. The molecule has 1 aliphatic rings. The van der Waals surface area contributed by atoms with Gasteiger partial charge in [-0.15, -0.1) is 0 Å². The van der Waals surface area contributed by atoms with E-state index in [9.17, 15) is 4.79 Å². The van der Waals surface area contributed by atoms with Gasteiger partial charge in [-0.05, 0) is 45.2 Å². The molecule has 1 rings (SSSR count). The molecule has 0 aromatic heterocycles. The minimum atomic E-state index is -0.216. The Balaban J connectivity index is 2.39. The number of ether oxygens (including phenoxy) is 1. The number of hydrogen-bond acceptors (Lipinski definition) is 3. The first-order valence-electron chi connectivity index (χ1n) is 6.64. The molecule has 0 aliphatic carbocycles. The van der Waals surface area contributed by atoms with Gasteiger partial charge in [0.05, 0.1) is 7.11 Å². The quantitative estimate of drug-likeness (QED) is 0.558. The molecule has 1 unspecified atom stereocenters. The number of rotatable bonds is 4. The van der Waals surface area contributed by atoms with Crippen LogP contribution in [-0.2, 0) is 9.53 Å². The summed E-state index contributed by atoms with van der Waals surface area (Å²) in [5.74, 6) is 0.678. The molecule has 1 atom stereocenters. The highest BCUT2D eigenvalue weighted by Crippen LogP contribution is 2.20. The Labute approximate surface area is 105 Å². The number of likely N-dealkylation sites (tertiary alicyclic amines) is 1. The smallest absolute Gasteiger partial charge is 0.333 e. The molecule has 0 spiro atoms. The van der Waals surface area contributed by atoms with Crippen molar-refractivity contribution in [2.45, 2.75) is 39.5 Å². The summed E-state index contributed by atoms with van der Waals surface area (Å²) < 4.78 is 4.69. The molecule has 0 radical (unpaired) electrons. The number of carbonyl (C=O) groups excluding carboxylic acids is 1. The predicted molar refractivity (Wildman–Crippen MR) is 69.8 cm³/mol. The van der Waals surface area contributed by atoms with Gasteiger partial charge < -0.3 is 4.74 Å². The zero-order valence-corrected chi connectivity index (χ0v) is 11.4. The molecular weight excluding hydrogens is 214 g/mol. The molecule has 98 valence electrons. The molecule has 0 bridgehead atoms. The molecule has 0 saturated carbocycles. The summed E-state index contributed by atoms with van der Waals surface area (Å²) in [6, 6.07) is 0. The number of nitrogens with zero attached hydrogens (tertiary/aromatic N) is 1. The van der Waals surface area contributed by atoms with Gasteiger partial charge >= 0.3 is 5.97 Å². The van der Waals surface area contributed by atoms with Gasteiger partial charge in [-0.1, -0.05) is 19.4 Å². The average Bonchev–Trinajstić information content (AvgIpc) is 2.59. The molecule has 0 amide bonds. The van der Waals surface area contributed by atoms with Gasteiger partial charge in [-0.3, -0.25) is 4.90 Å². The van der Waals surface area contributed by atoms with Crippen LogP contribution < -0.4 is 0 Å². The van der Waals surface area contributed by atoms with Crippen LogP contribution in [0.15, 0.2) is 11.6 Å². The second-order valence-electron chi connectivity index (χ2n) is 4.88. The van der Waals surface area contributed by atoms with Gasteiger partial charge in [0, 0.05) is 12.1 Å². The molecule has 1 aliphatic heterocycles. The largest absolute Gasteiger partial charge is 0.466 e. The molecule has 1 fully saturated rings. The Morgan fingerprint density at radius 3 is 2.82 bits per heavy atom. The highest BCUT2D eigenvalue weighted by Gasteiger charge is 2.15. The second-order valence-corrected chi connectivity index (χ2v) is 4.88. The van der Waals surface area contributed by atoms with Crippen molar-refractivity contribution in [2.24, 2.45) is 5.92 Å². The lowest BCUT2D eigenvalue weighted by Gasteiger charge is -2.18. The standard InChI is InChI=1S/C14H25NO2/c1-4-13-6-5-9-15(11-8-13)10-7-12(2)14(16)17-3/h7,13H,4-6,8-11H2,1-3H3. The van der Waals surface area contributed by atoms with Crippen molar-refractivity contribution >= 4 is 5.97 Å². The molecule has 0 aromatic carbocycles. The van der Waals surface area contributed by atoms with Crippen LogP contribution in [0.3, 0.4) is 0 Å². The third-order valence-corrected chi connectivity index (χ3v) is 3.68. The molecule has 0 N–H and O–H groups in total. The number of esters is 1. The van der Waals surface area contributed by atoms with E-state index in [1.165, 1.54) is 32.8 Å². The Kier molecular flexibility index (Phi) is 6.27. The zero-order valence-electron chi connectivity index (χ0n) is 11.4. The molecule has 0 aromatic rings.